The number of alkyl halides is 1. The normalized spacial score (nSPS) is 32.9. The van der Waals surface area contributed by atoms with E-state index >= 15 is 0 Å². The topological polar surface area (TPSA) is 3.24 Å². The number of nitrogens with zero attached hydrogens (tertiary/aromatic N) is 1. The summed E-state index contributed by atoms with van der Waals surface area (Å²) in [5.74, 6) is -0.143. The quantitative estimate of drug-likeness (QED) is 0.752. The Morgan fingerprint density at radius 3 is 2.29 bits per heavy atom. The Bertz CT molecular complexity index is 378. The molecule has 2 heterocycles. The van der Waals surface area contributed by atoms with Crippen LogP contribution in [0, 0.1) is 5.82 Å². The number of halogens is 2. The highest BCUT2D eigenvalue weighted by molar-refractivity contribution is 9.09. The standard InChI is InChI=1S/C14H17BrFN/c15-11-7-13-5-6-14(8-11)17(13)9-10-1-3-12(16)4-2-10/h1-4,11,13-14H,5-9H2. The Kier molecular flexibility index (Phi) is 3.22. The van der Waals surface area contributed by atoms with Gasteiger partial charge in [-0.2, -0.15) is 0 Å². The molecule has 1 aromatic carbocycles. The Morgan fingerprint density at radius 2 is 1.71 bits per heavy atom. The molecular formula is C14H17BrFN. The van der Waals surface area contributed by atoms with E-state index in [9.17, 15) is 4.39 Å². The summed E-state index contributed by atoms with van der Waals surface area (Å²) in [7, 11) is 0. The molecule has 0 radical (unpaired) electrons. The molecule has 2 saturated heterocycles. The van der Waals surface area contributed by atoms with Gasteiger partial charge < -0.3 is 0 Å². The highest BCUT2D eigenvalue weighted by Gasteiger charge is 2.39. The van der Waals surface area contributed by atoms with Gasteiger partial charge in [0.25, 0.3) is 0 Å². The van der Waals surface area contributed by atoms with Crippen LogP contribution in [0.5, 0.6) is 0 Å². The van der Waals surface area contributed by atoms with E-state index in [-0.39, 0.29) is 5.82 Å². The Labute approximate surface area is 110 Å². The van der Waals surface area contributed by atoms with Crippen molar-refractivity contribution in [2.45, 2.75) is 49.1 Å². The molecule has 0 spiro atoms. The van der Waals surface area contributed by atoms with Crippen molar-refractivity contribution >= 4 is 15.9 Å². The summed E-state index contributed by atoms with van der Waals surface area (Å²) in [6, 6.07) is 8.40. The average molecular weight is 298 g/mol. The summed E-state index contributed by atoms with van der Waals surface area (Å²) in [5.41, 5.74) is 1.23. The van der Waals surface area contributed by atoms with Crippen LogP contribution in [0.1, 0.15) is 31.2 Å². The minimum atomic E-state index is -0.143. The smallest absolute Gasteiger partial charge is 0.123 e. The Balaban J connectivity index is 1.72. The van der Waals surface area contributed by atoms with Crippen LogP contribution in [0.3, 0.4) is 0 Å². The zero-order valence-corrected chi connectivity index (χ0v) is 11.4. The van der Waals surface area contributed by atoms with E-state index in [4.69, 9.17) is 0 Å². The third-order valence-corrected chi connectivity index (χ3v) is 4.85. The number of hydrogen-bond donors (Lipinski definition) is 0. The van der Waals surface area contributed by atoms with Crippen LogP contribution in [-0.2, 0) is 6.54 Å². The van der Waals surface area contributed by atoms with Crippen LogP contribution in [0.25, 0.3) is 0 Å². The average Bonchev–Trinajstić information content (AvgIpc) is 2.56. The van der Waals surface area contributed by atoms with Crippen LogP contribution >= 0.6 is 15.9 Å². The molecule has 17 heavy (non-hydrogen) atoms. The van der Waals surface area contributed by atoms with E-state index in [2.05, 4.69) is 20.8 Å². The Morgan fingerprint density at radius 1 is 1.12 bits per heavy atom. The summed E-state index contributed by atoms with van der Waals surface area (Å²) in [6.45, 7) is 0.981. The van der Waals surface area contributed by atoms with Gasteiger partial charge in [-0.25, -0.2) is 4.39 Å². The van der Waals surface area contributed by atoms with Crippen LogP contribution in [0.2, 0.25) is 0 Å². The molecule has 2 fully saturated rings. The van der Waals surface area contributed by atoms with Gasteiger partial charge in [-0.05, 0) is 43.4 Å². The molecule has 2 aliphatic rings. The second-order valence-electron chi connectivity index (χ2n) is 5.25. The summed E-state index contributed by atoms with van der Waals surface area (Å²) in [5, 5.41) is 0. The maximum Gasteiger partial charge on any atom is 0.123 e. The fourth-order valence-electron chi connectivity index (χ4n) is 3.27. The van der Waals surface area contributed by atoms with Gasteiger partial charge in [-0.3, -0.25) is 4.90 Å². The van der Waals surface area contributed by atoms with E-state index in [0.29, 0.717) is 4.83 Å². The van der Waals surface area contributed by atoms with Crippen molar-refractivity contribution in [3.8, 4) is 0 Å². The van der Waals surface area contributed by atoms with E-state index in [1.807, 2.05) is 12.1 Å². The van der Waals surface area contributed by atoms with Gasteiger partial charge in [0.15, 0.2) is 0 Å². The van der Waals surface area contributed by atoms with Gasteiger partial charge >= 0.3 is 0 Å². The van der Waals surface area contributed by atoms with Crippen LogP contribution in [0.4, 0.5) is 4.39 Å². The predicted octanol–water partition coefficient (Wildman–Crippen LogP) is 3.72. The molecule has 1 aromatic rings. The summed E-state index contributed by atoms with van der Waals surface area (Å²) < 4.78 is 12.9. The summed E-state index contributed by atoms with van der Waals surface area (Å²) in [6.07, 6.45) is 5.18. The Hall–Kier alpha value is -0.410. The summed E-state index contributed by atoms with van der Waals surface area (Å²) >= 11 is 3.76. The molecular weight excluding hydrogens is 281 g/mol. The molecule has 3 heteroatoms. The minimum absolute atomic E-state index is 0.143. The third kappa shape index (κ3) is 2.41. The molecule has 0 amide bonds. The number of benzene rings is 1. The van der Waals surface area contributed by atoms with Gasteiger partial charge in [-0.1, -0.05) is 28.1 Å². The molecule has 3 rings (SSSR count). The van der Waals surface area contributed by atoms with Crippen molar-refractivity contribution in [1.29, 1.82) is 0 Å². The fourth-order valence-corrected chi connectivity index (χ4v) is 4.13. The molecule has 2 aliphatic heterocycles. The highest BCUT2D eigenvalue weighted by atomic mass is 79.9. The van der Waals surface area contributed by atoms with Crippen molar-refractivity contribution < 1.29 is 4.39 Å². The van der Waals surface area contributed by atoms with Crippen molar-refractivity contribution in [2.24, 2.45) is 0 Å². The van der Waals surface area contributed by atoms with Gasteiger partial charge in [-0.15, -0.1) is 0 Å². The van der Waals surface area contributed by atoms with Crippen molar-refractivity contribution in [3.63, 3.8) is 0 Å². The first-order valence-electron chi connectivity index (χ1n) is 6.36. The largest absolute Gasteiger partial charge is 0.293 e. The van der Waals surface area contributed by atoms with Gasteiger partial charge in [0, 0.05) is 23.5 Å². The highest BCUT2D eigenvalue weighted by Crippen LogP contribution is 2.39. The zero-order valence-electron chi connectivity index (χ0n) is 9.78. The molecule has 0 aliphatic carbocycles. The molecule has 2 unspecified atom stereocenters. The van der Waals surface area contributed by atoms with E-state index in [0.717, 1.165) is 18.6 Å². The molecule has 0 aromatic heterocycles. The first kappa shape index (κ1) is 11.7. The predicted molar refractivity (Wildman–Crippen MR) is 70.7 cm³/mol. The molecule has 2 atom stereocenters. The van der Waals surface area contributed by atoms with E-state index < -0.39 is 0 Å². The van der Waals surface area contributed by atoms with E-state index in [1.165, 1.54) is 31.2 Å². The maximum absolute atomic E-state index is 12.9. The molecule has 2 bridgehead atoms. The van der Waals surface area contributed by atoms with Crippen molar-refractivity contribution in [2.75, 3.05) is 0 Å². The molecule has 92 valence electrons. The fraction of sp³-hybridized carbons (Fsp3) is 0.571. The maximum atomic E-state index is 12.9. The minimum Gasteiger partial charge on any atom is -0.293 e. The lowest BCUT2D eigenvalue weighted by Gasteiger charge is -2.37. The zero-order chi connectivity index (χ0) is 11.8. The lowest BCUT2D eigenvalue weighted by molar-refractivity contribution is 0.137. The first-order valence-corrected chi connectivity index (χ1v) is 7.28. The lowest BCUT2D eigenvalue weighted by Crippen LogP contribution is -2.42. The lowest BCUT2D eigenvalue weighted by atomic mass is 10.0. The van der Waals surface area contributed by atoms with Crippen molar-refractivity contribution in [1.82, 2.24) is 4.90 Å². The van der Waals surface area contributed by atoms with Crippen LogP contribution in [0.15, 0.2) is 24.3 Å². The second kappa shape index (κ2) is 4.69. The van der Waals surface area contributed by atoms with Crippen LogP contribution in [-0.4, -0.2) is 21.8 Å². The molecule has 0 saturated carbocycles. The van der Waals surface area contributed by atoms with Crippen molar-refractivity contribution in [3.05, 3.63) is 35.6 Å². The van der Waals surface area contributed by atoms with E-state index in [1.54, 1.807) is 12.1 Å². The SMILES string of the molecule is Fc1ccc(CN2C3CCC2CC(Br)C3)cc1. The summed E-state index contributed by atoms with van der Waals surface area (Å²) in [4.78, 5) is 3.31. The number of fused-ring (bicyclic) bond motifs is 2. The van der Waals surface area contributed by atoms with Gasteiger partial charge in [0.2, 0.25) is 0 Å². The van der Waals surface area contributed by atoms with Crippen LogP contribution < -0.4 is 0 Å². The van der Waals surface area contributed by atoms with Gasteiger partial charge in [0.1, 0.15) is 5.82 Å². The number of rotatable bonds is 2. The molecule has 1 nitrogen and oxygen atoms in total. The second-order valence-corrected chi connectivity index (χ2v) is 6.55. The van der Waals surface area contributed by atoms with Gasteiger partial charge in [0.05, 0.1) is 0 Å². The molecule has 0 N–H and O–H groups in total. The third-order valence-electron chi connectivity index (χ3n) is 4.11. The first-order chi connectivity index (χ1) is 8.22. The number of hydrogen-bond acceptors (Lipinski definition) is 1. The monoisotopic (exact) mass is 297 g/mol. The number of piperidine rings is 1.